The predicted molar refractivity (Wildman–Crippen MR) is 132 cm³/mol. The molecule has 0 aliphatic heterocycles. The number of aliphatic hydroxyl groups excluding tert-OH is 1. The number of aromatic nitrogens is 5. The van der Waals surface area contributed by atoms with Gasteiger partial charge in [-0.25, -0.2) is 19.9 Å². The van der Waals surface area contributed by atoms with E-state index in [2.05, 4.69) is 32.4 Å². The molecule has 0 saturated heterocycles. The van der Waals surface area contributed by atoms with Crippen molar-refractivity contribution in [3.8, 4) is 11.5 Å². The van der Waals surface area contributed by atoms with Crippen molar-refractivity contribution in [1.82, 2.24) is 29.8 Å². The smallest absolute Gasteiger partial charge is 0.227 e. The fourth-order valence-electron chi connectivity index (χ4n) is 4.25. The van der Waals surface area contributed by atoms with E-state index in [0.717, 1.165) is 35.5 Å². The third-order valence-electron chi connectivity index (χ3n) is 5.93. The van der Waals surface area contributed by atoms with Crippen molar-refractivity contribution < 1.29 is 9.52 Å². The number of rotatable bonds is 8. The molecular weight excluding hydrogens is 450 g/mol. The quantitative estimate of drug-likeness (QED) is 0.348. The predicted octanol–water partition coefficient (Wildman–Crippen LogP) is 3.37. The topological polar surface area (TPSA) is 128 Å². The van der Waals surface area contributed by atoms with Crippen LogP contribution in [0.4, 0.5) is 5.82 Å². The zero-order chi connectivity index (χ0) is 23.8. The van der Waals surface area contributed by atoms with E-state index >= 15 is 0 Å². The minimum absolute atomic E-state index is 0.277. The number of fused-ring (bicyclic) bond motifs is 2. The van der Waals surface area contributed by atoms with Gasteiger partial charge in [-0.15, -0.1) is 0 Å². The van der Waals surface area contributed by atoms with Crippen molar-refractivity contribution in [3.63, 3.8) is 0 Å². The van der Waals surface area contributed by atoms with Crippen LogP contribution in [-0.2, 0) is 19.4 Å². The first-order valence-corrected chi connectivity index (χ1v) is 12.3. The molecule has 0 saturated carbocycles. The Labute approximate surface area is 202 Å². The second kappa shape index (κ2) is 9.36. The third-order valence-corrected chi connectivity index (χ3v) is 6.98. The summed E-state index contributed by atoms with van der Waals surface area (Å²) in [6, 6.07) is 4.69. The van der Waals surface area contributed by atoms with Gasteiger partial charge in [0, 0.05) is 17.5 Å². The molecule has 0 fully saturated rings. The summed E-state index contributed by atoms with van der Waals surface area (Å²) in [5, 5.41) is 14.7. The molecule has 178 valence electrons. The zero-order valence-corrected chi connectivity index (χ0v) is 20.4. The van der Waals surface area contributed by atoms with Crippen molar-refractivity contribution in [3.05, 3.63) is 41.5 Å². The molecule has 3 aromatic heterocycles. The van der Waals surface area contributed by atoms with Crippen LogP contribution in [0, 0.1) is 6.92 Å². The van der Waals surface area contributed by atoms with Crippen LogP contribution in [0.25, 0.3) is 22.6 Å². The lowest BCUT2D eigenvalue weighted by Crippen LogP contribution is -2.34. The van der Waals surface area contributed by atoms with Gasteiger partial charge >= 0.3 is 0 Å². The Bertz CT molecular complexity index is 1330. The summed E-state index contributed by atoms with van der Waals surface area (Å²) in [5.41, 5.74) is 10.9. The van der Waals surface area contributed by atoms with Crippen molar-refractivity contribution in [1.29, 1.82) is 0 Å². The number of benzene rings is 1. The molecule has 1 aliphatic carbocycles. The molecule has 1 aromatic carbocycles. The Kier molecular flexibility index (Phi) is 6.28. The Morgan fingerprint density at radius 3 is 2.74 bits per heavy atom. The second-order valence-corrected chi connectivity index (χ2v) is 10.0. The Balaban J connectivity index is 1.57. The number of anilines is 1. The molecule has 10 heteroatoms. The molecule has 3 heterocycles. The van der Waals surface area contributed by atoms with Crippen LogP contribution in [0.3, 0.4) is 0 Å². The first-order chi connectivity index (χ1) is 16.4. The van der Waals surface area contributed by atoms with Gasteiger partial charge in [0.1, 0.15) is 12.1 Å². The molecular formula is C24H29N7O2S. The molecule has 9 nitrogen and oxygen atoms in total. The first-order valence-electron chi connectivity index (χ1n) is 11.5. The maximum Gasteiger partial charge on any atom is 0.227 e. The highest BCUT2D eigenvalue weighted by atomic mass is 32.2. The molecule has 0 spiro atoms. The van der Waals surface area contributed by atoms with Crippen LogP contribution in [-0.4, -0.2) is 48.3 Å². The van der Waals surface area contributed by atoms with Gasteiger partial charge in [0.25, 0.3) is 0 Å². The second-order valence-electron chi connectivity index (χ2n) is 9.00. The normalized spacial score (nSPS) is 14.3. The van der Waals surface area contributed by atoms with Gasteiger partial charge in [0.05, 0.1) is 24.4 Å². The fraction of sp³-hybridized carbons (Fsp3) is 0.417. The molecule has 4 aromatic rings. The van der Waals surface area contributed by atoms with Crippen LogP contribution >= 0.6 is 11.8 Å². The van der Waals surface area contributed by atoms with Gasteiger partial charge in [0.2, 0.25) is 5.89 Å². The highest BCUT2D eigenvalue weighted by Gasteiger charge is 2.23. The van der Waals surface area contributed by atoms with E-state index in [1.807, 2.05) is 25.3 Å². The summed E-state index contributed by atoms with van der Waals surface area (Å²) < 4.78 is 7.81. The zero-order valence-electron chi connectivity index (χ0n) is 19.6. The monoisotopic (exact) mass is 479 g/mol. The number of nitrogen functional groups attached to an aromatic ring is 1. The molecule has 1 atom stereocenters. The number of aryl methyl sites for hydroxylation is 3. The largest absolute Gasteiger partial charge is 0.441 e. The molecule has 0 radical (unpaired) electrons. The maximum atomic E-state index is 10.7. The van der Waals surface area contributed by atoms with E-state index < -0.39 is 6.10 Å². The molecule has 1 unspecified atom stereocenters. The summed E-state index contributed by atoms with van der Waals surface area (Å²) in [6.45, 7) is 6.78. The molecule has 1 aliphatic rings. The summed E-state index contributed by atoms with van der Waals surface area (Å²) in [6.07, 6.45) is 5.81. The average molecular weight is 480 g/mol. The maximum absolute atomic E-state index is 10.7. The summed E-state index contributed by atoms with van der Waals surface area (Å²) in [7, 11) is 0. The number of hydrogen-bond donors (Lipinski definition) is 3. The Morgan fingerprint density at radius 1 is 1.21 bits per heavy atom. The highest BCUT2D eigenvalue weighted by molar-refractivity contribution is 7.99. The van der Waals surface area contributed by atoms with Crippen molar-refractivity contribution in [2.75, 3.05) is 12.3 Å². The summed E-state index contributed by atoms with van der Waals surface area (Å²) in [4.78, 5) is 18.8. The minimum atomic E-state index is -0.621. The Hall–Kier alpha value is -2.95. The van der Waals surface area contributed by atoms with Crippen LogP contribution in [0.1, 0.15) is 37.2 Å². The number of imidazole rings is 1. The number of aliphatic hydroxyl groups is 1. The number of nitrogens with one attached hydrogen (secondary N) is 1. The SMILES string of the molecule is Cc1cnc(-c2cc3c(cc2Sc2nc4c(N)ncnc4n2CC(O)CNC(C)C)CCC3)o1. The van der Waals surface area contributed by atoms with Crippen molar-refractivity contribution >= 4 is 28.7 Å². The van der Waals surface area contributed by atoms with Crippen molar-refractivity contribution in [2.24, 2.45) is 0 Å². The molecule has 34 heavy (non-hydrogen) atoms. The van der Waals surface area contributed by atoms with E-state index in [9.17, 15) is 5.11 Å². The van der Waals surface area contributed by atoms with Gasteiger partial charge in [-0.3, -0.25) is 0 Å². The van der Waals surface area contributed by atoms with Gasteiger partial charge in [0.15, 0.2) is 22.1 Å². The molecule has 5 rings (SSSR count). The van der Waals surface area contributed by atoms with E-state index in [1.54, 1.807) is 6.20 Å². The van der Waals surface area contributed by atoms with E-state index in [-0.39, 0.29) is 6.04 Å². The van der Waals surface area contributed by atoms with E-state index in [1.165, 1.54) is 29.2 Å². The lowest BCUT2D eigenvalue weighted by atomic mass is 10.1. The Morgan fingerprint density at radius 2 is 2.00 bits per heavy atom. The lowest BCUT2D eigenvalue weighted by Gasteiger charge is -2.17. The van der Waals surface area contributed by atoms with E-state index in [0.29, 0.717) is 41.1 Å². The average Bonchev–Trinajstić information content (AvgIpc) is 3.52. The van der Waals surface area contributed by atoms with Gasteiger partial charge in [-0.05, 0) is 49.4 Å². The first kappa shape index (κ1) is 22.8. The van der Waals surface area contributed by atoms with Crippen LogP contribution in [0.5, 0.6) is 0 Å². The molecule has 4 N–H and O–H groups in total. The summed E-state index contributed by atoms with van der Waals surface area (Å²) in [5.74, 6) is 1.68. The highest BCUT2D eigenvalue weighted by Crippen LogP contribution is 2.40. The fourth-order valence-corrected chi connectivity index (χ4v) is 5.32. The number of nitrogens with two attached hydrogens (primary N) is 1. The van der Waals surface area contributed by atoms with Crippen LogP contribution < -0.4 is 11.1 Å². The molecule has 0 amide bonds. The van der Waals surface area contributed by atoms with Gasteiger partial charge in [-0.2, -0.15) is 0 Å². The lowest BCUT2D eigenvalue weighted by molar-refractivity contribution is 0.147. The molecule has 0 bridgehead atoms. The van der Waals surface area contributed by atoms with Gasteiger partial charge < -0.3 is 25.1 Å². The third kappa shape index (κ3) is 4.53. The summed E-state index contributed by atoms with van der Waals surface area (Å²) >= 11 is 1.51. The van der Waals surface area contributed by atoms with Crippen LogP contribution in [0.15, 0.2) is 39.1 Å². The van der Waals surface area contributed by atoms with Crippen molar-refractivity contribution in [2.45, 2.75) is 68.8 Å². The number of oxazole rings is 1. The standard InChI is InChI=1S/C24H29N7O2S/c1-13(2)26-10-17(32)11-31-22-20(21(25)28-12-29-22)30-24(31)34-19-8-16-6-4-5-15(16)7-18(19)23-27-9-14(3)33-23/h7-9,12-13,17,26,32H,4-6,10-11H2,1-3H3,(H2,25,28,29). The van der Waals surface area contributed by atoms with Crippen LogP contribution in [0.2, 0.25) is 0 Å². The van der Waals surface area contributed by atoms with E-state index in [4.69, 9.17) is 15.1 Å². The van der Waals surface area contributed by atoms with Gasteiger partial charge in [-0.1, -0.05) is 25.6 Å². The number of nitrogens with zero attached hydrogens (tertiary/aromatic N) is 5. The number of hydrogen-bond acceptors (Lipinski definition) is 9. The minimum Gasteiger partial charge on any atom is -0.441 e.